The molecule has 2 amide bonds. The number of nitrogens with zero attached hydrogens (tertiary/aromatic N) is 2. The van der Waals surface area contributed by atoms with Crippen molar-refractivity contribution in [2.45, 2.75) is 57.5 Å². The van der Waals surface area contributed by atoms with Crippen molar-refractivity contribution in [1.82, 2.24) is 9.47 Å². The van der Waals surface area contributed by atoms with Gasteiger partial charge in [-0.25, -0.2) is 4.79 Å². The Bertz CT molecular complexity index is 1240. The molecule has 8 heteroatoms. The topological polar surface area (TPSA) is 98.8 Å². The van der Waals surface area contributed by atoms with Crippen molar-refractivity contribution < 1.29 is 19.1 Å². The molecule has 0 saturated carbocycles. The molecular weight excluding hydrogens is 480 g/mol. The number of nitrogens with one attached hydrogen (secondary N) is 1. The molecule has 4 rings (SSSR count). The van der Waals surface area contributed by atoms with Crippen LogP contribution in [0.25, 0.3) is 10.9 Å². The van der Waals surface area contributed by atoms with Crippen molar-refractivity contribution in [1.29, 1.82) is 0 Å². The van der Waals surface area contributed by atoms with Crippen molar-refractivity contribution in [2.24, 2.45) is 5.73 Å². The first-order chi connectivity index (χ1) is 18.4. The molecule has 8 nitrogen and oxygen atoms in total. The number of piperidine rings is 1. The summed E-state index contributed by atoms with van der Waals surface area (Å²) in [6.45, 7) is 5.34. The number of ether oxygens (including phenoxy) is 2. The molecule has 38 heavy (non-hydrogen) atoms. The van der Waals surface area contributed by atoms with Crippen LogP contribution in [-0.4, -0.2) is 61.4 Å². The Hall–Kier alpha value is -3.36. The number of hydrogen-bond donors (Lipinski definition) is 2. The van der Waals surface area contributed by atoms with Crippen LogP contribution >= 0.6 is 0 Å². The number of nitrogens with two attached hydrogens (primary N) is 1. The predicted molar refractivity (Wildman–Crippen MR) is 150 cm³/mol. The van der Waals surface area contributed by atoms with Crippen molar-refractivity contribution in [3.8, 4) is 0 Å². The molecule has 204 valence electrons. The number of fused-ring (bicyclic) bond motifs is 1. The third-order valence-corrected chi connectivity index (χ3v) is 7.49. The fraction of sp³-hybridized carbons (Fsp3) is 0.467. The summed E-state index contributed by atoms with van der Waals surface area (Å²) < 4.78 is 12.4. The van der Waals surface area contributed by atoms with Gasteiger partial charge in [0.05, 0.1) is 7.11 Å². The maximum atomic E-state index is 13.3. The molecule has 2 heterocycles. The average molecular weight is 521 g/mol. The standard InChI is InChI=1S/C30H40N4O4/c1-21-26-9-4-5-10-27(26)34(16-7-17-37-2)29(21)23-8-6-15-33(20-23)28(35)19-24(31)18-22-11-13-25(14-12-22)32-30(36)38-3/h4-5,9-14,23-24H,6-8,15-20,31H2,1-3H3,(H,32,36). The minimum Gasteiger partial charge on any atom is -0.453 e. The van der Waals surface area contributed by atoms with E-state index in [-0.39, 0.29) is 11.9 Å². The van der Waals surface area contributed by atoms with Crippen LogP contribution in [0.5, 0.6) is 0 Å². The SMILES string of the molecule is COCCCn1c(C2CCCN(C(=O)CC(N)Cc3ccc(NC(=O)OC)cc3)C2)c(C)c2ccccc21. The lowest BCUT2D eigenvalue weighted by Gasteiger charge is -2.34. The second-order valence-electron chi connectivity index (χ2n) is 10.2. The van der Waals surface area contributed by atoms with Gasteiger partial charge in [-0.3, -0.25) is 10.1 Å². The molecule has 1 aromatic heterocycles. The highest BCUT2D eigenvalue weighted by Crippen LogP contribution is 2.36. The molecule has 0 aliphatic carbocycles. The van der Waals surface area contributed by atoms with Gasteiger partial charge in [0.1, 0.15) is 0 Å². The van der Waals surface area contributed by atoms with Gasteiger partial charge in [-0.05, 0) is 61.9 Å². The number of carbonyl (C=O) groups excluding carboxylic acids is 2. The molecule has 1 saturated heterocycles. The van der Waals surface area contributed by atoms with Gasteiger partial charge in [-0.15, -0.1) is 0 Å². The average Bonchev–Trinajstić information content (AvgIpc) is 3.21. The van der Waals surface area contributed by atoms with E-state index in [1.54, 1.807) is 7.11 Å². The summed E-state index contributed by atoms with van der Waals surface area (Å²) in [5.74, 6) is 0.416. The van der Waals surface area contributed by atoms with Crippen molar-refractivity contribution in [3.63, 3.8) is 0 Å². The van der Waals surface area contributed by atoms with Crippen LogP contribution in [0.15, 0.2) is 48.5 Å². The molecule has 3 aromatic rings. The van der Waals surface area contributed by atoms with Crippen LogP contribution in [-0.2, 0) is 27.2 Å². The summed E-state index contributed by atoms with van der Waals surface area (Å²) in [5.41, 5.74) is 12.0. The molecule has 2 aromatic carbocycles. The molecule has 0 spiro atoms. The largest absolute Gasteiger partial charge is 0.453 e. The highest BCUT2D eigenvalue weighted by Gasteiger charge is 2.29. The van der Waals surface area contributed by atoms with Crippen molar-refractivity contribution >= 4 is 28.6 Å². The Morgan fingerprint density at radius 3 is 2.63 bits per heavy atom. The molecule has 1 fully saturated rings. The Labute approximate surface area is 225 Å². The van der Waals surface area contributed by atoms with E-state index in [9.17, 15) is 9.59 Å². The number of likely N-dealkylation sites (tertiary alicyclic amines) is 1. The van der Waals surface area contributed by atoms with Gasteiger partial charge in [0.15, 0.2) is 0 Å². The van der Waals surface area contributed by atoms with Gasteiger partial charge >= 0.3 is 6.09 Å². The zero-order valence-electron chi connectivity index (χ0n) is 22.7. The van der Waals surface area contributed by atoms with E-state index in [1.807, 2.05) is 29.2 Å². The lowest BCUT2D eigenvalue weighted by Crippen LogP contribution is -2.42. The number of anilines is 1. The van der Waals surface area contributed by atoms with Crippen LogP contribution < -0.4 is 11.1 Å². The molecular formula is C30H40N4O4. The molecule has 1 aliphatic rings. The first kappa shape index (κ1) is 27.7. The minimum absolute atomic E-state index is 0.117. The maximum absolute atomic E-state index is 13.3. The number of aryl methyl sites for hydroxylation is 2. The highest BCUT2D eigenvalue weighted by atomic mass is 16.5. The maximum Gasteiger partial charge on any atom is 0.411 e. The monoisotopic (exact) mass is 520 g/mol. The number of rotatable bonds is 10. The summed E-state index contributed by atoms with van der Waals surface area (Å²) in [5, 5.41) is 3.92. The second kappa shape index (κ2) is 12.9. The summed E-state index contributed by atoms with van der Waals surface area (Å²) >= 11 is 0. The Kier molecular flexibility index (Phi) is 9.42. The zero-order valence-corrected chi connectivity index (χ0v) is 22.7. The molecule has 0 radical (unpaired) electrons. The van der Waals surface area contributed by atoms with Crippen LogP contribution in [0.1, 0.15) is 48.4 Å². The third kappa shape index (κ3) is 6.55. The van der Waals surface area contributed by atoms with Gasteiger partial charge in [-0.2, -0.15) is 0 Å². The van der Waals surface area contributed by atoms with Gasteiger partial charge in [0, 0.05) is 74.0 Å². The molecule has 2 unspecified atom stereocenters. The number of carbonyl (C=O) groups is 2. The van der Waals surface area contributed by atoms with E-state index >= 15 is 0 Å². The van der Waals surface area contributed by atoms with Gasteiger partial charge < -0.3 is 24.7 Å². The van der Waals surface area contributed by atoms with Gasteiger partial charge in [0.2, 0.25) is 5.91 Å². The van der Waals surface area contributed by atoms with Crippen molar-refractivity contribution in [2.75, 3.05) is 39.2 Å². The van der Waals surface area contributed by atoms with E-state index < -0.39 is 6.09 Å². The summed E-state index contributed by atoms with van der Waals surface area (Å²) in [6, 6.07) is 15.8. The number of amides is 2. The fourth-order valence-electron chi connectivity index (χ4n) is 5.68. The van der Waals surface area contributed by atoms with Gasteiger partial charge in [-0.1, -0.05) is 30.3 Å². The first-order valence-electron chi connectivity index (χ1n) is 13.4. The number of aromatic nitrogens is 1. The lowest BCUT2D eigenvalue weighted by atomic mass is 9.91. The van der Waals surface area contributed by atoms with Crippen LogP contribution in [0.4, 0.5) is 10.5 Å². The highest BCUT2D eigenvalue weighted by molar-refractivity contribution is 5.86. The molecule has 0 bridgehead atoms. The third-order valence-electron chi connectivity index (χ3n) is 7.49. The summed E-state index contributed by atoms with van der Waals surface area (Å²) in [6.07, 6.45) is 3.40. The Balaban J connectivity index is 1.41. The minimum atomic E-state index is -0.509. The van der Waals surface area contributed by atoms with Crippen LogP contribution in [0, 0.1) is 6.92 Å². The zero-order chi connectivity index (χ0) is 27.1. The quantitative estimate of drug-likeness (QED) is 0.373. The molecule has 3 N–H and O–H groups in total. The Morgan fingerprint density at radius 1 is 1.13 bits per heavy atom. The van der Waals surface area contributed by atoms with E-state index in [1.165, 1.54) is 29.3 Å². The second-order valence-corrected chi connectivity index (χ2v) is 10.2. The predicted octanol–water partition coefficient (Wildman–Crippen LogP) is 4.83. The lowest BCUT2D eigenvalue weighted by molar-refractivity contribution is -0.132. The van der Waals surface area contributed by atoms with E-state index in [0.717, 1.165) is 51.1 Å². The van der Waals surface area contributed by atoms with E-state index in [2.05, 4.69) is 45.8 Å². The van der Waals surface area contributed by atoms with Gasteiger partial charge in [0.25, 0.3) is 0 Å². The first-order valence-corrected chi connectivity index (χ1v) is 13.4. The van der Waals surface area contributed by atoms with Crippen molar-refractivity contribution in [3.05, 3.63) is 65.4 Å². The number of para-hydroxylation sites is 1. The number of methoxy groups -OCH3 is 2. The molecule has 2 atom stereocenters. The summed E-state index contributed by atoms with van der Waals surface area (Å²) in [7, 11) is 3.07. The fourth-order valence-corrected chi connectivity index (χ4v) is 5.68. The molecule has 1 aliphatic heterocycles. The summed E-state index contributed by atoms with van der Waals surface area (Å²) in [4.78, 5) is 26.7. The van der Waals surface area contributed by atoms with E-state index in [0.29, 0.717) is 24.4 Å². The smallest absolute Gasteiger partial charge is 0.411 e. The Morgan fingerprint density at radius 2 is 1.89 bits per heavy atom. The normalized spacial score (nSPS) is 16.4. The number of hydrogen-bond acceptors (Lipinski definition) is 5. The number of benzene rings is 2. The van der Waals surface area contributed by atoms with E-state index in [4.69, 9.17) is 10.5 Å². The van der Waals surface area contributed by atoms with Crippen LogP contribution in [0.2, 0.25) is 0 Å². The van der Waals surface area contributed by atoms with Crippen LogP contribution in [0.3, 0.4) is 0 Å².